The summed E-state index contributed by atoms with van der Waals surface area (Å²) in [4.78, 5) is 26.8. The van der Waals surface area contributed by atoms with Crippen molar-refractivity contribution in [2.24, 2.45) is 0 Å². The number of carbonyl (C=O) groups is 1. The Morgan fingerprint density at radius 3 is 2.57 bits per heavy atom. The van der Waals surface area contributed by atoms with Crippen molar-refractivity contribution in [1.82, 2.24) is 9.58 Å². The average molecular weight is 415 g/mol. The number of rotatable bonds is 10. The van der Waals surface area contributed by atoms with Gasteiger partial charge in [0, 0.05) is 25.7 Å². The minimum Gasteiger partial charge on any atom is -0.497 e. The molecule has 1 unspecified atom stereocenters. The maximum Gasteiger partial charge on any atom is 0.277 e. The predicted molar refractivity (Wildman–Crippen MR) is 114 cm³/mol. The summed E-state index contributed by atoms with van der Waals surface area (Å²) in [5.41, 5.74) is 4.25. The molecule has 2 heterocycles. The number of fused-ring (bicyclic) bond motifs is 1. The fourth-order valence-electron chi connectivity index (χ4n) is 3.21. The second kappa shape index (κ2) is 10.2. The Balaban J connectivity index is 1.60. The molecule has 1 atom stereocenters. The van der Waals surface area contributed by atoms with E-state index in [0.717, 1.165) is 24.2 Å². The van der Waals surface area contributed by atoms with Crippen LogP contribution in [0.1, 0.15) is 42.2 Å². The van der Waals surface area contributed by atoms with Crippen LogP contribution in [0.25, 0.3) is 0 Å². The Hall–Kier alpha value is -3.00. The Morgan fingerprint density at radius 1 is 1.10 bits per heavy atom. The lowest BCUT2D eigenvalue weighted by molar-refractivity contribution is 0.0600. The Labute approximate surface area is 176 Å². The monoisotopic (exact) mass is 415 g/mol. The van der Waals surface area contributed by atoms with E-state index in [2.05, 4.69) is 5.43 Å². The number of amides is 1. The second-order valence-electron chi connectivity index (χ2n) is 7.18. The highest BCUT2D eigenvalue weighted by molar-refractivity contribution is 5.96. The quantitative estimate of drug-likeness (QED) is 0.601. The first kappa shape index (κ1) is 21.7. The molecule has 1 aromatic carbocycles. The maximum absolute atomic E-state index is 12.9. The minimum atomic E-state index is -0.290. The number of unbranched alkanes of at least 4 members (excludes halogenated alkanes) is 1. The highest BCUT2D eigenvalue weighted by atomic mass is 16.5. The molecule has 0 fully saturated rings. The van der Waals surface area contributed by atoms with Crippen molar-refractivity contribution in [3.8, 4) is 11.5 Å². The zero-order valence-corrected chi connectivity index (χ0v) is 17.7. The van der Waals surface area contributed by atoms with E-state index in [0.29, 0.717) is 26.2 Å². The third-order valence-electron chi connectivity index (χ3n) is 5.04. The third-order valence-corrected chi connectivity index (χ3v) is 5.04. The van der Waals surface area contributed by atoms with Crippen LogP contribution >= 0.6 is 0 Å². The normalized spacial score (nSPS) is 15.5. The number of nitrogens with one attached hydrogen (secondary N) is 1. The fraction of sp³-hybridized carbons (Fsp3) is 0.455. The first-order valence-corrected chi connectivity index (χ1v) is 10.2. The van der Waals surface area contributed by atoms with Crippen LogP contribution in [0.2, 0.25) is 0 Å². The molecular formula is C22H29N3O5. The Bertz CT molecular complexity index is 910. The largest absolute Gasteiger partial charge is 0.497 e. The molecule has 1 aliphatic heterocycles. The molecule has 162 valence electrons. The maximum atomic E-state index is 12.9. The highest BCUT2D eigenvalue weighted by Crippen LogP contribution is 2.21. The summed E-state index contributed by atoms with van der Waals surface area (Å²) in [5, 5.41) is 0. The first-order valence-electron chi connectivity index (χ1n) is 10.2. The van der Waals surface area contributed by atoms with Crippen molar-refractivity contribution in [1.29, 1.82) is 0 Å². The number of carbonyl (C=O) groups excluding carboxylic acids is 1. The zero-order chi connectivity index (χ0) is 21.5. The topological polar surface area (TPSA) is 82.0 Å². The van der Waals surface area contributed by atoms with Crippen molar-refractivity contribution >= 4 is 5.91 Å². The lowest BCUT2D eigenvalue weighted by Gasteiger charge is -2.36. The first-order chi connectivity index (χ1) is 14.5. The number of aromatic nitrogens is 1. The highest BCUT2D eigenvalue weighted by Gasteiger charge is 2.32. The van der Waals surface area contributed by atoms with Crippen LogP contribution in [0.4, 0.5) is 0 Å². The van der Waals surface area contributed by atoms with Crippen molar-refractivity contribution < 1.29 is 19.0 Å². The van der Waals surface area contributed by atoms with E-state index in [9.17, 15) is 9.59 Å². The molecule has 1 aliphatic rings. The molecule has 1 N–H and O–H groups in total. The summed E-state index contributed by atoms with van der Waals surface area (Å²) < 4.78 is 18.1. The molecule has 0 spiro atoms. The number of methoxy groups -OCH3 is 1. The lowest BCUT2D eigenvalue weighted by Crippen LogP contribution is -2.52. The van der Waals surface area contributed by atoms with Gasteiger partial charge in [0.2, 0.25) is 5.43 Å². The van der Waals surface area contributed by atoms with Gasteiger partial charge in [-0.2, -0.15) is 0 Å². The predicted octanol–water partition coefficient (Wildman–Crippen LogP) is 2.60. The molecule has 3 rings (SSSR count). The van der Waals surface area contributed by atoms with Crippen molar-refractivity contribution in [2.45, 2.75) is 39.0 Å². The molecule has 8 nitrogen and oxygen atoms in total. The van der Waals surface area contributed by atoms with Gasteiger partial charge in [-0.05, 0) is 24.1 Å². The van der Waals surface area contributed by atoms with Gasteiger partial charge >= 0.3 is 0 Å². The van der Waals surface area contributed by atoms with Crippen LogP contribution in [0.3, 0.4) is 0 Å². The van der Waals surface area contributed by atoms with Gasteiger partial charge in [-0.3, -0.25) is 14.3 Å². The van der Waals surface area contributed by atoms with E-state index in [-0.39, 0.29) is 28.9 Å². The molecule has 1 aromatic heterocycles. The van der Waals surface area contributed by atoms with Crippen LogP contribution < -0.4 is 20.3 Å². The van der Waals surface area contributed by atoms with Gasteiger partial charge in [0.05, 0.1) is 26.9 Å². The molecule has 0 saturated carbocycles. The molecule has 2 aromatic rings. The van der Waals surface area contributed by atoms with Gasteiger partial charge in [0.25, 0.3) is 5.91 Å². The van der Waals surface area contributed by atoms with E-state index >= 15 is 0 Å². The van der Waals surface area contributed by atoms with Crippen molar-refractivity contribution in [3.63, 3.8) is 0 Å². The summed E-state index contributed by atoms with van der Waals surface area (Å²) in [7, 11) is 3.34. The van der Waals surface area contributed by atoms with Gasteiger partial charge in [0.15, 0.2) is 11.4 Å². The molecule has 0 bridgehead atoms. The summed E-state index contributed by atoms with van der Waals surface area (Å²) >= 11 is 0. The average Bonchev–Trinajstić information content (AvgIpc) is 2.76. The molecule has 0 aliphatic carbocycles. The van der Waals surface area contributed by atoms with E-state index in [1.165, 1.54) is 6.07 Å². The minimum absolute atomic E-state index is 0.101. The van der Waals surface area contributed by atoms with E-state index in [1.54, 1.807) is 29.9 Å². The van der Waals surface area contributed by atoms with E-state index in [4.69, 9.17) is 14.2 Å². The standard InChI is InChI=1S/C22H29N3O5/c1-4-5-13-30-21-18(26)10-12-25-20(21)22(27)24(2)19(23-25)11-14-29-15-16-6-8-17(28-3)9-7-16/h6-10,12,19,23H,4-5,11,13-15H2,1-3H3. The molecule has 30 heavy (non-hydrogen) atoms. The Kier molecular flexibility index (Phi) is 7.35. The van der Waals surface area contributed by atoms with Crippen molar-refractivity contribution in [2.75, 3.05) is 32.8 Å². The molecule has 0 saturated heterocycles. The van der Waals surface area contributed by atoms with Gasteiger partial charge in [-0.25, -0.2) is 0 Å². The smallest absolute Gasteiger partial charge is 0.277 e. The number of nitrogens with zero attached hydrogens (tertiary/aromatic N) is 2. The third kappa shape index (κ3) is 4.94. The molecule has 0 radical (unpaired) electrons. The number of hydrogen-bond donors (Lipinski definition) is 1. The van der Waals surface area contributed by atoms with E-state index < -0.39 is 0 Å². The van der Waals surface area contributed by atoms with Crippen LogP contribution in [0.5, 0.6) is 11.5 Å². The second-order valence-corrected chi connectivity index (χ2v) is 7.18. The van der Waals surface area contributed by atoms with Crippen molar-refractivity contribution in [3.05, 3.63) is 58.0 Å². The summed E-state index contributed by atoms with van der Waals surface area (Å²) in [5.74, 6) is 0.655. The molecule has 8 heteroatoms. The van der Waals surface area contributed by atoms with Gasteiger partial charge in [0.1, 0.15) is 11.9 Å². The van der Waals surface area contributed by atoms with Gasteiger partial charge in [-0.1, -0.05) is 25.5 Å². The lowest BCUT2D eigenvalue weighted by atomic mass is 10.2. The van der Waals surface area contributed by atoms with Gasteiger partial charge in [-0.15, -0.1) is 0 Å². The van der Waals surface area contributed by atoms with Gasteiger partial charge < -0.3 is 24.5 Å². The Morgan fingerprint density at radius 2 is 1.87 bits per heavy atom. The van der Waals surface area contributed by atoms with E-state index in [1.807, 2.05) is 31.2 Å². The molecular weight excluding hydrogens is 386 g/mol. The number of ether oxygens (including phenoxy) is 3. The number of hydrogen-bond acceptors (Lipinski definition) is 6. The zero-order valence-electron chi connectivity index (χ0n) is 17.7. The summed E-state index contributed by atoms with van der Waals surface area (Å²) in [6.45, 7) is 3.39. The molecule has 1 amide bonds. The van der Waals surface area contributed by atoms with Crippen LogP contribution in [-0.4, -0.2) is 49.0 Å². The van der Waals surface area contributed by atoms with Crippen LogP contribution in [-0.2, 0) is 11.3 Å². The number of pyridine rings is 1. The summed E-state index contributed by atoms with van der Waals surface area (Å²) in [6, 6.07) is 9.12. The SMILES string of the molecule is CCCCOc1c2n(ccc1=O)NC(CCOCc1ccc(OC)cc1)N(C)C2=O. The van der Waals surface area contributed by atoms with Crippen LogP contribution in [0.15, 0.2) is 41.3 Å². The van der Waals surface area contributed by atoms with Crippen LogP contribution in [0, 0.1) is 0 Å². The number of benzene rings is 1. The summed E-state index contributed by atoms with van der Waals surface area (Å²) in [6.07, 6.45) is 3.67. The fourth-order valence-corrected chi connectivity index (χ4v) is 3.21.